The van der Waals surface area contributed by atoms with Gasteiger partial charge in [-0.05, 0) is 79.5 Å². The molecule has 5 rings (SSSR count). The number of esters is 1. The number of hydrogen-bond acceptors (Lipinski definition) is 7. The fourth-order valence-corrected chi connectivity index (χ4v) is 6.86. The van der Waals surface area contributed by atoms with Crippen molar-refractivity contribution in [2.45, 2.75) is 55.4 Å². The number of benzene rings is 2. The zero-order valence-corrected chi connectivity index (χ0v) is 23.6. The van der Waals surface area contributed by atoms with E-state index in [0.29, 0.717) is 66.3 Å². The summed E-state index contributed by atoms with van der Waals surface area (Å²) in [5.74, 6) is -1.87. The highest BCUT2D eigenvalue weighted by Crippen LogP contribution is 2.43. The van der Waals surface area contributed by atoms with Crippen LogP contribution < -0.4 is 0 Å². The average molecular weight is 574 g/mol. The maximum Gasteiger partial charge on any atom is 0.322 e. The zero-order chi connectivity index (χ0) is 27.9. The molecular weight excluding hydrogens is 542 g/mol. The number of Topliss-reactive ketones (excluding diaryl/α,β-unsaturated/α-hetero) is 1. The van der Waals surface area contributed by atoms with E-state index in [9.17, 15) is 22.8 Å². The Labute approximate surface area is 233 Å². The smallest absolute Gasteiger partial charge is 0.322 e. The van der Waals surface area contributed by atoms with Crippen LogP contribution in [0.15, 0.2) is 41.3 Å². The lowest BCUT2D eigenvalue weighted by atomic mass is 9.81. The summed E-state index contributed by atoms with van der Waals surface area (Å²) in [5.41, 5.74) is 0.974. The van der Waals surface area contributed by atoms with Gasteiger partial charge in [0.05, 0.1) is 11.4 Å². The Morgan fingerprint density at radius 3 is 2.62 bits per heavy atom. The molecule has 3 aliphatic rings. The molecule has 3 aliphatic heterocycles. The molecular formula is C29H32ClNO7S. The summed E-state index contributed by atoms with van der Waals surface area (Å²) >= 11 is 6.64. The number of ketones is 1. The number of carbonyl (C=O) groups is 3. The van der Waals surface area contributed by atoms with Crippen molar-refractivity contribution in [2.24, 2.45) is 5.92 Å². The number of amides is 1. The van der Waals surface area contributed by atoms with Crippen LogP contribution in [0.25, 0.3) is 11.1 Å². The lowest BCUT2D eigenvalue weighted by molar-refractivity contribution is -0.161. The molecule has 0 radical (unpaired) electrons. The van der Waals surface area contributed by atoms with Crippen LogP contribution in [0.3, 0.4) is 0 Å². The van der Waals surface area contributed by atoms with E-state index in [4.69, 9.17) is 21.1 Å². The highest BCUT2D eigenvalue weighted by atomic mass is 35.5. The average Bonchev–Trinajstić information content (AvgIpc) is 3.13. The summed E-state index contributed by atoms with van der Waals surface area (Å²) in [5, 5.41) is 0.291. The molecule has 0 aromatic heterocycles. The van der Waals surface area contributed by atoms with E-state index < -0.39 is 27.3 Å². The van der Waals surface area contributed by atoms with Gasteiger partial charge in [0.1, 0.15) is 5.92 Å². The first kappa shape index (κ1) is 27.8. The molecule has 3 saturated heterocycles. The number of ether oxygens (including phenoxy) is 2. The molecule has 1 spiro atoms. The third-order valence-corrected chi connectivity index (χ3v) is 9.52. The first-order valence-corrected chi connectivity index (χ1v) is 15.5. The van der Waals surface area contributed by atoms with Gasteiger partial charge >= 0.3 is 5.97 Å². The quantitative estimate of drug-likeness (QED) is 0.391. The van der Waals surface area contributed by atoms with Gasteiger partial charge in [0.15, 0.2) is 21.2 Å². The largest absolute Gasteiger partial charge is 0.448 e. The molecule has 0 bridgehead atoms. The van der Waals surface area contributed by atoms with Crippen LogP contribution >= 0.6 is 11.6 Å². The van der Waals surface area contributed by atoms with Crippen molar-refractivity contribution in [3.05, 3.63) is 52.5 Å². The minimum atomic E-state index is -3.41. The third kappa shape index (κ3) is 5.49. The van der Waals surface area contributed by atoms with Gasteiger partial charge in [-0.25, -0.2) is 8.42 Å². The maximum absolute atomic E-state index is 13.8. The summed E-state index contributed by atoms with van der Waals surface area (Å²) in [7, 11) is -3.41. The van der Waals surface area contributed by atoms with E-state index in [-0.39, 0.29) is 29.0 Å². The predicted octanol–water partition coefficient (Wildman–Crippen LogP) is 4.11. The topological polar surface area (TPSA) is 107 Å². The van der Waals surface area contributed by atoms with Crippen LogP contribution in [0.1, 0.15) is 49.1 Å². The van der Waals surface area contributed by atoms with Crippen molar-refractivity contribution in [1.82, 2.24) is 4.90 Å². The van der Waals surface area contributed by atoms with Gasteiger partial charge in [0.25, 0.3) is 0 Å². The summed E-state index contributed by atoms with van der Waals surface area (Å²) in [6, 6.07) is 9.82. The van der Waals surface area contributed by atoms with Gasteiger partial charge < -0.3 is 14.4 Å². The van der Waals surface area contributed by atoms with Crippen molar-refractivity contribution >= 4 is 39.1 Å². The third-order valence-electron chi connectivity index (χ3n) is 8.09. The highest BCUT2D eigenvalue weighted by molar-refractivity contribution is 7.90. The fourth-order valence-electron chi connectivity index (χ4n) is 5.91. The van der Waals surface area contributed by atoms with Crippen molar-refractivity contribution in [2.75, 3.05) is 32.6 Å². The van der Waals surface area contributed by atoms with Crippen molar-refractivity contribution < 1.29 is 32.3 Å². The Balaban J connectivity index is 1.39. The maximum atomic E-state index is 13.8. The number of sulfone groups is 1. The van der Waals surface area contributed by atoms with E-state index in [1.807, 2.05) is 0 Å². The number of carbonyl (C=O) groups excluding carboxylic acids is 3. The number of aryl methyl sites for hydroxylation is 1. The number of hydrogen-bond donors (Lipinski definition) is 0. The van der Waals surface area contributed by atoms with Crippen LogP contribution in [0, 0.1) is 12.8 Å². The SMILES string of the molecule is Cc1cc(-c2cccc(S(C)(=O)=O)c2)c(Cl)cc1C1C(=O)OC2(CCCN(C(=O)CC3CCOCC3)C2)C1=O. The summed E-state index contributed by atoms with van der Waals surface area (Å²) in [6.45, 7) is 3.70. The Hall–Kier alpha value is -2.75. The number of halogens is 1. The summed E-state index contributed by atoms with van der Waals surface area (Å²) < 4.78 is 35.2. The van der Waals surface area contributed by atoms with Gasteiger partial charge in [0, 0.05) is 43.0 Å². The molecule has 3 fully saturated rings. The number of nitrogens with zero attached hydrogens (tertiary/aromatic N) is 1. The molecule has 39 heavy (non-hydrogen) atoms. The second-order valence-corrected chi connectivity index (χ2v) is 13.3. The van der Waals surface area contributed by atoms with E-state index in [1.165, 1.54) is 6.07 Å². The van der Waals surface area contributed by atoms with E-state index in [2.05, 4.69) is 0 Å². The minimum Gasteiger partial charge on any atom is -0.448 e. The lowest BCUT2D eigenvalue weighted by Crippen LogP contribution is -2.54. The molecule has 0 N–H and O–H groups in total. The van der Waals surface area contributed by atoms with Crippen LogP contribution in [-0.2, 0) is 33.7 Å². The molecule has 10 heteroatoms. The van der Waals surface area contributed by atoms with Gasteiger partial charge in [-0.15, -0.1) is 0 Å². The van der Waals surface area contributed by atoms with Crippen LogP contribution in [0.4, 0.5) is 0 Å². The molecule has 2 aromatic rings. The number of likely N-dealkylation sites (tertiary alicyclic amines) is 1. The second kappa shape index (κ2) is 10.7. The summed E-state index contributed by atoms with van der Waals surface area (Å²) in [6.07, 6.45) is 4.17. The van der Waals surface area contributed by atoms with Crippen LogP contribution in [-0.4, -0.2) is 69.1 Å². The molecule has 2 aromatic carbocycles. The van der Waals surface area contributed by atoms with Gasteiger partial charge in [-0.3, -0.25) is 14.4 Å². The van der Waals surface area contributed by atoms with E-state index in [0.717, 1.165) is 19.1 Å². The molecule has 2 unspecified atom stereocenters. The molecule has 0 aliphatic carbocycles. The Morgan fingerprint density at radius 1 is 1.15 bits per heavy atom. The number of piperidine rings is 1. The Kier molecular flexibility index (Phi) is 7.61. The van der Waals surface area contributed by atoms with Crippen molar-refractivity contribution in [3.8, 4) is 11.1 Å². The monoisotopic (exact) mass is 573 g/mol. The van der Waals surface area contributed by atoms with Crippen LogP contribution in [0.2, 0.25) is 5.02 Å². The lowest BCUT2D eigenvalue weighted by Gasteiger charge is -2.38. The normalized spacial score (nSPS) is 24.3. The zero-order valence-electron chi connectivity index (χ0n) is 22.1. The van der Waals surface area contributed by atoms with Gasteiger partial charge in [-0.1, -0.05) is 23.7 Å². The Morgan fingerprint density at radius 2 is 1.90 bits per heavy atom. The van der Waals surface area contributed by atoms with Crippen LogP contribution in [0.5, 0.6) is 0 Å². The van der Waals surface area contributed by atoms with Crippen molar-refractivity contribution in [1.29, 1.82) is 0 Å². The van der Waals surface area contributed by atoms with Crippen molar-refractivity contribution in [3.63, 3.8) is 0 Å². The van der Waals surface area contributed by atoms with E-state index in [1.54, 1.807) is 42.2 Å². The predicted molar refractivity (Wildman–Crippen MR) is 145 cm³/mol. The van der Waals surface area contributed by atoms with Gasteiger partial charge in [0.2, 0.25) is 5.91 Å². The van der Waals surface area contributed by atoms with E-state index >= 15 is 0 Å². The first-order chi connectivity index (χ1) is 18.5. The Bertz CT molecular complexity index is 1430. The molecule has 8 nitrogen and oxygen atoms in total. The molecule has 3 heterocycles. The fraction of sp³-hybridized carbons (Fsp3) is 0.483. The van der Waals surface area contributed by atoms with Gasteiger partial charge in [-0.2, -0.15) is 0 Å². The molecule has 0 saturated carbocycles. The standard InChI is InChI=1S/C29H32ClNO7S/c1-18-13-23(20-5-3-6-21(15-20)39(2,35)36)24(30)16-22(18)26-27(33)29(38-28(26)34)9-4-10-31(17-29)25(32)14-19-7-11-37-12-8-19/h3,5-6,13,15-16,19,26H,4,7-12,14,17H2,1-2H3. The molecule has 208 valence electrons. The first-order valence-electron chi connectivity index (χ1n) is 13.2. The minimum absolute atomic E-state index is 0.0202. The highest BCUT2D eigenvalue weighted by Gasteiger charge is 2.58. The number of rotatable bonds is 5. The second-order valence-electron chi connectivity index (χ2n) is 10.9. The molecule has 1 amide bonds. The molecule has 2 atom stereocenters. The summed E-state index contributed by atoms with van der Waals surface area (Å²) in [4.78, 5) is 41.9.